The minimum atomic E-state index is -0.426. The monoisotopic (exact) mass is 303 g/mol. The van der Waals surface area contributed by atoms with Crippen molar-refractivity contribution in [3.8, 4) is 0 Å². The first kappa shape index (κ1) is 15.4. The average molecular weight is 303 g/mol. The van der Waals surface area contributed by atoms with E-state index in [-0.39, 0.29) is 5.91 Å². The minimum absolute atomic E-state index is 0.142. The summed E-state index contributed by atoms with van der Waals surface area (Å²) < 4.78 is 0. The third-order valence-corrected chi connectivity index (χ3v) is 5.12. The summed E-state index contributed by atoms with van der Waals surface area (Å²) in [6.07, 6.45) is 10.5. The highest BCUT2D eigenvalue weighted by Crippen LogP contribution is 2.31. The lowest BCUT2D eigenvalue weighted by Crippen LogP contribution is -2.63. The number of primary amides is 1. The van der Waals surface area contributed by atoms with Gasteiger partial charge in [-0.05, 0) is 38.8 Å². The van der Waals surface area contributed by atoms with Gasteiger partial charge in [-0.1, -0.05) is 6.42 Å². The molecule has 2 fully saturated rings. The van der Waals surface area contributed by atoms with E-state index in [1.807, 2.05) is 12.4 Å². The fourth-order valence-corrected chi connectivity index (χ4v) is 3.79. The molecule has 0 aliphatic carbocycles. The topological polar surface area (TPSA) is 75.4 Å². The van der Waals surface area contributed by atoms with Crippen LogP contribution in [0.5, 0.6) is 0 Å². The van der Waals surface area contributed by atoms with Crippen LogP contribution in [-0.4, -0.2) is 57.4 Å². The van der Waals surface area contributed by atoms with Crippen molar-refractivity contribution < 1.29 is 4.79 Å². The molecule has 2 aliphatic heterocycles. The molecule has 0 unspecified atom stereocenters. The van der Waals surface area contributed by atoms with E-state index in [1.165, 1.54) is 19.3 Å². The molecule has 0 aromatic carbocycles. The molecule has 1 aromatic heterocycles. The van der Waals surface area contributed by atoms with E-state index in [0.717, 1.165) is 51.1 Å². The molecule has 120 valence electrons. The number of carbonyl (C=O) groups excluding carboxylic acids is 1. The van der Waals surface area contributed by atoms with Gasteiger partial charge in [0.2, 0.25) is 5.91 Å². The van der Waals surface area contributed by atoms with Crippen LogP contribution in [0.4, 0.5) is 0 Å². The Morgan fingerprint density at radius 1 is 1.09 bits per heavy atom. The van der Waals surface area contributed by atoms with Crippen LogP contribution in [0, 0.1) is 0 Å². The van der Waals surface area contributed by atoms with Gasteiger partial charge in [-0.2, -0.15) is 0 Å². The highest BCUT2D eigenvalue weighted by Gasteiger charge is 2.44. The Balaban J connectivity index is 1.63. The summed E-state index contributed by atoms with van der Waals surface area (Å²) >= 11 is 0. The van der Waals surface area contributed by atoms with Crippen molar-refractivity contribution in [2.24, 2.45) is 5.73 Å². The van der Waals surface area contributed by atoms with Gasteiger partial charge in [-0.3, -0.25) is 14.6 Å². The van der Waals surface area contributed by atoms with E-state index in [0.29, 0.717) is 0 Å². The zero-order valence-electron chi connectivity index (χ0n) is 13.1. The third kappa shape index (κ3) is 3.13. The van der Waals surface area contributed by atoms with Gasteiger partial charge in [-0.15, -0.1) is 0 Å². The van der Waals surface area contributed by atoms with Gasteiger partial charge < -0.3 is 5.73 Å². The first-order valence-electron chi connectivity index (χ1n) is 8.22. The van der Waals surface area contributed by atoms with Crippen molar-refractivity contribution >= 4 is 5.91 Å². The maximum Gasteiger partial charge on any atom is 0.238 e. The second-order valence-corrected chi connectivity index (χ2v) is 6.47. The standard InChI is InChI=1S/C16H25N5O/c17-15(22)16(21-6-2-1-3-7-21)4-8-20(9-5-16)12-14-10-18-13-19-11-14/h10-11,13H,1-9,12H2,(H2,17,22). The molecule has 6 heteroatoms. The Bertz CT molecular complexity index is 493. The second-order valence-electron chi connectivity index (χ2n) is 6.47. The van der Waals surface area contributed by atoms with Crippen LogP contribution in [-0.2, 0) is 11.3 Å². The van der Waals surface area contributed by atoms with Crippen LogP contribution in [0.3, 0.4) is 0 Å². The molecule has 2 aliphatic rings. The molecule has 1 amide bonds. The van der Waals surface area contributed by atoms with Crippen molar-refractivity contribution in [1.29, 1.82) is 0 Å². The Kier molecular flexibility index (Phi) is 4.69. The molecule has 1 aromatic rings. The number of piperidine rings is 2. The molecule has 22 heavy (non-hydrogen) atoms. The summed E-state index contributed by atoms with van der Waals surface area (Å²) in [5, 5.41) is 0. The second kappa shape index (κ2) is 6.71. The highest BCUT2D eigenvalue weighted by molar-refractivity contribution is 5.84. The number of hydrogen-bond donors (Lipinski definition) is 1. The number of nitrogens with two attached hydrogens (primary N) is 1. The molecular formula is C16H25N5O. The summed E-state index contributed by atoms with van der Waals surface area (Å²) in [7, 11) is 0. The van der Waals surface area contributed by atoms with E-state index in [1.54, 1.807) is 6.33 Å². The van der Waals surface area contributed by atoms with Gasteiger partial charge >= 0.3 is 0 Å². The summed E-state index contributed by atoms with van der Waals surface area (Å²) in [6.45, 7) is 4.66. The van der Waals surface area contributed by atoms with Crippen molar-refractivity contribution in [3.63, 3.8) is 0 Å². The van der Waals surface area contributed by atoms with Gasteiger partial charge in [-0.25, -0.2) is 9.97 Å². The average Bonchev–Trinajstić information content (AvgIpc) is 2.57. The van der Waals surface area contributed by atoms with Gasteiger partial charge in [0, 0.05) is 37.6 Å². The van der Waals surface area contributed by atoms with E-state index >= 15 is 0 Å². The van der Waals surface area contributed by atoms with Crippen molar-refractivity contribution in [2.75, 3.05) is 26.2 Å². The summed E-state index contributed by atoms with van der Waals surface area (Å²) in [5.74, 6) is -0.142. The first-order valence-corrected chi connectivity index (χ1v) is 8.22. The fraction of sp³-hybridized carbons (Fsp3) is 0.688. The van der Waals surface area contributed by atoms with Gasteiger partial charge in [0.05, 0.1) is 0 Å². The molecule has 3 heterocycles. The highest BCUT2D eigenvalue weighted by atomic mass is 16.1. The van der Waals surface area contributed by atoms with Crippen molar-refractivity contribution in [1.82, 2.24) is 19.8 Å². The van der Waals surface area contributed by atoms with Crippen LogP contribution in [0.15, 0.2) is 18.7 Å². The lowest BCUT2D eigenvalue weighted by molar-refractivity contribution is -0.135. The van der Waals surface area contributed by atoms with Gasteiger partial charge in [0.1, 0.15) is 11.9 Å². The van der Waals surface area contributed by atoms with E-state index in [2.05, 4.69) is 19.8 Å². The lowest BCUT2D eigenvalue weighted by atomic mass is 9.83. The fourth-order valence-electron chi connectivity index (χ4n) is 3.79. The number of carbonyl (C=O) groups is 1. The zero-order chi connectivity index (χ0) is 15.4. The number of amides is 1. The van der Waals surface area contributed by atoms with Gasteiger partial charge in [0.25, 0.3) is 0 Å². The first-order chi connectivity index (χ1) is 10.7. The third-order valence-electron chi connectivity index (χ3n) is 5.12. The minimum Gasteiger partial charge on any atom is -0.368 e. The van der Waals surface area contributed by atoms with Crippen LogP contribution in [0.25, 0.3) is 0 Å². The number of aromatic nitrogens is 2. The largest absolute Gasteiger partial charge is 0.368 e. The molecule has 0 atom stereocenters. The Morgan fingerprint density at radius 2 is 1.73 bits per heavy atom. The molecule has 6 nitrogen and oxygen atoms in total. The molecule has 3 rings (SSSR count). The molecule has 0 radical (unpaired) electrons. The number of nitrogens with zero attached hydrogens (tertiary/aromatic N) is 4. The van der Waals surface area contributed by atoms with Crippen LogP contribution >= 0.6 is 0 Å². The van der Waals surface area contributed by atoms with Crippen molar-refractivity contribution in [3.05, 3.63) is 24.3 Å². The maximum atomic E-state index is 12.2. The normalized spacial score (nSPS) is 23.3. The smallest absolute Gasteiger partial charge is 0.238 e. The van der Waals surface area contributed by atoms with Crippen LogP contribution in [0.2, 0.25) is 0 Å². The molecule has 0 saturated carbocycles. The lowest BCUT2D eigenvalue weighted by Gasteiger charge is -2.48. The predicted octanol–water partition coefficient (Wildman–Crippen LogP) is 0.782. The SMILES string of the molecule is NC(=O)C1(N2CCCCC2)CCN(Cc2cncnc2)CC1. The van der Waals surface area contributed by atoms with E-state index in [9.17, 15) is 4.79 Å². The summed E-state index contributed by atoms with van der Waals surface area (Å²) in [6, 6.07) is 0. The van der Waals surface area contributed by atoms with Gasteiger partial charge in [0.15, 0.2) is 0 Å². The number of rotatable bonds is 4. The van der Waals surface area contributed by atoms with Crippen LogP contribution < -0.4 is 5.73 Å². The number of hydrogen-bond acceptors (Lipinski definition) is 5. The Labute approximate surface area is 131 Å². The van der Waals surface area contributed by atoms with Crippen LogP contribution in [0.1, 0.15) is 37.7 Å². The molecule has 0 bridgehead atoms. The number of likely N-dealkylation sites (tertiary alicyclic amines) is 2. The zero-order valence-corrected chi connectivity index (χ0v) is 13.1. The van der Waals surface area contributed by atoms with E-state index in [4.69, 9.17) is 5.73 Å². The molecule has 0 spiro atoms. The summed E-state index contributed by atoms with van der Waals surface area (Å²) in [4.78, 5) is 25.0. The molecule has 2 saturated heterocycles. The maximum absolute atomic E-state index is 12.2. The molecule has 2 N–H and O–H groups in total. The van der Waals surface area contributed by atoms with E-state index < -0.39 is 5.54 Å². The van der Waals surface area contributed by atoms with Crippen molar-refractivity contribution in [2.45, 2.75) is 44.2 Å². The quantitative estimate of drug-likeness (QED) is 0.890. The Hall–Kier alpha value is -1.53. The predicted molar refractivity (Wildman–Crippen MR) is 83.9 cm³/mol. The molecular weight excluding hydrogens is 278 g/mol. The summed E-state index contributed by atoms with van der Waals surface area (Å²) in [5.41, 5.74) is 6.50. The Morgan fingerprint density at radius 3 is 2.32 bits per heavy atom.